The number of ether oxygens (including phenoxy) is 2. The third kappa shape index (κ3) is 3.96. The summed E-state index contributed by atoms with van der Waals surface area (Å²) >= 11 is 0. The monoisotopic (exact) mass is 259 g/mol. The number of hydrogen-bond acceptors (Lipinski definition) is 4. The van der Waals surface area contributed by atoms with Crippen LogP contribution in [0.4, 0.5) is 14.5 Å². The maximum Gasteiger partial charge on any atom is 0.341 e. The van der Waals surface area contributed by atoms with Gasteiger partial charge in [0.05, 0.1) is 12.3 Å². The van der Waals surface area contributed by atoms with Gasteiger partial charge in [-0.05, 0) is 18.6 Å². The van der Waals surface area contributed by atoms with Gasteiger partial charge in [-0.25, -0.2) is 13.6 Å². The number of nitrogens with two attached hydrogens (primary N) is 1. The number of hydrogen-bond donors (Lipinski definition) is 1. The van der Waals surface area contributed by atoms with Gasteiger partial charge < -0.3 is 15.2 Å². The molecule has 0 amide bonds. The van der Waals surface area contributed by atoms with Crippen LogP contribution in [0, 0.1) is 11.6 Å². The Hall–Kier alpha value is -1.69. The van der Waals surface area contributed by atoms with Gasteiger partial charge in [0.25, 0.3) is 0 Å². The summed E-state index contributed by atoms with van der Waals surface area (Å²) in [5, 5.41) is 0. The van der Waals surface area contributed by atoms with Gasteiger partial charge in [0.15, 0.2) is 5.82 Å². The molecule has 1 aromatic carbocycles. The van der Waals surface area contributed by atoms with E-state index >= 15 is 0 Å². The number of carbonyl (C=O) groups is 1. The summed E-state index contributed by atoms with van der Waals surface area (Å²) in [6.07, 6.45) is 0.850. The fourth-order valence-electron chi connectivity index (χ4n) is 1.28. The maximum absolute atomic E-state index is 13.4. The van der Waals surface area contributed by atoms with Crippen molar-refractivity contribution in [1.82, 2.24) is 0 Å². The molecule has 0 aliphatic heterocycles. The Morgan fingerprint density at radius 2 is 2.00 bits per heavy atom. The fourth-order valence-corrected chi connectivity index (χ4v) is 1.28. The number of carbonyl (C=O) groups excluding carboxylic acids is 1. The molecule has 0 fully saturated rings. The molecule has 0 atom stereocenters. The van der Waals surface area contributed by atoms with Crippen LogP contribution in [0.1, 0.15) is 23.7 Å². The van der Waals surface area contributed by atoms with Gasteiger partial charge in [-0.1, -0.05) is 6.92 Å². The van der Waals surface area contributed by atoms with Crippen LogP contribution < -0.4 is 5.73 Å². The molecule has 1 aromatic rings. The minimum atomic E-state index is -0.976. The normalized spacial score (nSPS) is 10.4. The van der Waals surface area contributed by atoms with Gasteiger partial charge in [-0.2, -0.15) is 0 Å². The highest BCUT2D eigenvalue weighted by Gasteiger charge is 2.17. The Labute approximate surface area is 104 Å². The predicted octanol–water partition coefficient (Wildman–Crippen LogP) is 2.13. The first-order chi connectivity index (χ1) is 8.56. The molecule has 0 radical (unpaired) electrons. The fraction of sp³-hybridized carbons (Fsp3) is 0.417. The second-order valence-corrected chi connectivity index (χ2v) is 3.60. The summed E-state index contributed by atoms with van der Waals surface area (Å²) in [7, 11) is 0. The van der Waals surface area contributed by atoms with Crippen molar-refractivity contribution in [2.75, 3.05) is 25.6 Å². The lowest BCUT2D eigenvalue weighted by Crippen LogP contribution is -2.13. The second kappa shape index (κ2) is 6.90. The number of benzene rings is 1. The van der Waals surface area contributed by atoms with Crippen LogP contribution in [-0.4, -0.2) is 25.8 Å². The average molecular weight is 259 g/mol. The third-order valence-corrected chi connectivity index (χ3v) is 2.09. The van der Waals surface area contributed by atoms with Crippen molar-refractivity contribution >= 4 is 11.7 Å². The quantitative estimate of drug-likeness (QED) is 0.483. The largest absolute Gasteiger partial charge is 0.460 e. The molecule has 0 spiro atoms. The molecule has 100 valence electrons. The standard InChI is InChI=1S/C12H15F2NO3/c1-2-3-17-4-5-18-12(16)9-6-8(13)7-10(15)11(9)14/h6-7H,2-5,15H2,1H3. The van der Waals surface area contributed by atoms with E-state index in [-0.39, 0.29) is 13.2 Å². The molecule has 0 aliphatic rings. The number of anilines is 1. The minimum Gasteiger partial charge on any atom is -0.460 e. The predicted molar refractivity (Wildman–Crippen MR) is 62.2 cm³/mol. The molecule has 18 heavy (non-hydrogen) atoms. The van der Waals surface area contributed by atoms with E-state index in [2.05, 4.69) is 0 Å². The molecule has 1 rings (SSSR count). The van der Waals surface area contributed by atoms with Gasteiger partial charge in [-0.3, -0.25) is 0 Å². The SMILES string of the molecule is CCCOCCOC(=O)c1cc(F)cc(N)c1F. The Kier molecular flexibility index (Phi) is 5.51. The molecular weight excluding hydrogens is 244 g/mol. The summed E-state index contributed by atoms with van der Waals surface area (Å²) in [4.78, 5) is 11.5. The van der Waals surface area contributed by atoms with Crippen LogP contribution >= 0.6 is 0 Å². The summed E-state index contributed by atoms with van der Waals surface area (Å²) in [6.45, 7) is 2.69. The van der Waals surface area contributed by atoms with Crippen molar-refractivity contribution in [3.05, 3.63) is 29.3 Å². The van der Waals surface area contributed by atoms with Gasteiger partial charge in [0, 0.05) is 6.61 Å². The minimum absolute atomic E-state index is 0.0192. The first kappa shape index (κ1) is 14.4. The number of nitrogen functional groups attached to an aromatic ring is 1. The van der Waals surface area contributed by atoms with Crippen LogP contribution in [0.2, 0.25) is 0 Å². The average Bonchev–Trinajstić information content (AvgIpc) is 2.33. The topological polar surface area (TPSA) is 61.5 Å². The lowest BCUT2D eigenvalue weighted by atomic mass is 10.2. The van der Waals surface area contributed by atoms with Crippen LogP contribution in [0.3, 0.4) is 0 Å². The summed E-state index contributed by atoms with van der Waals surface area (Å²) in [5.74, 6) is -2.72. The van der Waals surface area contributed by atoms with E-state index in [0.717, 1.165) is 18.6 Å². The van der Waals surface area contributed by atoms with E-state index in [1.807, 2.05) is 6.92 Å². The van der Waals surface area contributed by atoms with Crippen LogP contribution in [0.15, 0.2) is 12.1 Å². The number of esters is 1. The number of rotatable bonds is 6. The number of halogens is 2. The molecular formula is C12H15F2NO3. The summed E-state index contributed by atoms with van der Waals surface area (Å²) < 4.78 is 36.2. The summed E-state index contributed by atoms with van der Waals surface area (Å²) in [6, 6.07) is 1.55. The molecule has 0 aliphatic carbocycles. The zero-order valence-corrected chi connectivity index (χ0v) is 10.0. The van der Waals surface area contributed by atoms with E-state index in [4.69, 9.17) is 15.2 Å². The molecule has 0 bridgehead atoms. The third-order valence-electron chi connectivity index (χ3n) is 2.09. The molecule has 0 unspecified atom stereocenters. The molecule has 4 nitrogen and oxygen atoms in total. The molecule has 6 heteroatoms. The molecule has 2 N–H and O–H groups in total. The van der Waals surface area contributed by atoms with Crippen molar-refractivity contribution in [2.24, 2.45) is 0 Å². The van der Waals surface area contributed by atoms with E-state index in [0.29, 0.717) is 6.61 Å². The molecule has 0 heterocycles. The lowest BCUT2D eigenvalue weighted by Gasteiger charge is -2.07. The smallest absolute Gasteiger partial charge is 0.341 e. The van der Waals surface area contributed by atoms with Crippen molar-refractivity contribution in [3.63, 3.8) is 0 Å². The van der Waals surface area contributed by atoms with Gasteiger partial charge in [0.1, 0.15) is 18.0 Å². The summed E-state index contributed by atoms with van der Waals surface area (Å²) in [5.41, 5.74) is 4.27. The highest BCUT2D eigenvalue weighted by Crippen LogP contribution is 2.18. The van der Waals surface area contributed by atoms with Gasteiger partial charge >= 0.3 is 5.97 Å². The maximum atomic E-state index is 13.4. The lowest BCUT2D eigenvalue weighted by molar-refractivity contribution is 0.0314. The van der Waals surface area contributed by atoms with Gasteiger partial charge in [-0.15, -0.1) is 0 Å². The van der Waals surface area contributed by atoms with Crippen molar-refractivity contribution < 1.29 is 23.0 Å². The first-order valence-electron chi connectivity index (χ1n) is 5.55. The Bertz CT molecular complexity index is 424. The van der Waals surface area contributed by atoms with E-state index in [9.17, 15) is 13.6 Å². The molecule has 0 aromatic heterocycles. The highest BCUT2D eigenvalue weighted by molar-refractivity contribution is 5.90. The van der Waals surface area contributed by atoms with Gasteiger partial charge in [0.2, 0.25) is 0 Å². The second-order valence-electron chi connectivity index (χ2n) is 3.60. The van der Waals surface area contributed by atoms with E-state index in [1.54, 1.807) is 0 Å². The van der Waals surface area contributed by atoms with E-state index in [1.165, 1.54) is 0 Å². The molecule has 0 saturated heterocycles. The van der Waals surface area contributed by atoms with Crippen LogP contribution in [0.25, 0.3) is 0 Å². The Balaban J connectivity index is 2.56. The van der Waals surface area contributed by atoms with Crippen LogP contribution in [0.5, 0.6) is 0 Å². The van der Waals surface area contributed by atoms with Crippen molar-refractivity contribution in [2.45, 2.75) is 13.3 Å². The zero-order chi connectivity index (χ0) is 13.5. The van der Waals surface area contributed by atoms with Crippen LogP contribution in [-0.2, 0) is 9.47 Å². The van der Waals surface area contributed by atoms with Crippen molar-refractivity contribution in [3.8, 4) is 0 Å². The Morgan fingerprint density at radius 1 is 1.28 bits per heavy atom. The van der Waals surface area contributed by atoms with Crippen molar-refractivity contribution in [1.29, 1.82) is 0 Å². The first-order valence-corrected chi connectivity index (χ1v) is 5.55. The molecule has 0 saturated carbocycles. The highest BCUT2D eigenvalue weighted by atomic mass is 19.1. The zero-order valence-electron chi connectivity index (χ0n) is 10.0. The Morgan fingerprint density at radius 3 is 2.67 bits per heavy atom. The van der Waals surface area contributed by atoms with E-state index < -0.39 is 28.9 Å².